The monoisotopic (exact) mass is 232 g/mol. The highest BCUT2D eigenvalue weighted by atomic mass is 32.1. The molecular weight excluding hydrogens is 216 g/mol. The Balaban J connectivity index is 2.48. The molecule has 0 aliphatic heterocycles. The molecule has 0 N–H and O–H groups in total. The topological polar surface area (TPSA) is 17.1 Å². The Morgan fingerprint density at radius 2 is 2.31 bits per heavy atom. The van der Waals surface area contributed by atoms with Crippen molar-refractivity contribution in [1.82, 2.24) is 0 Å². The number of carbonyl (C=O) groups is 1. The molecule has 0 aromatic carbocycles. The molecule has 0 amide bonds. The van der Waals surface area contributed by atoms with Crippen molar-refractivity contribution in [3.8, 4) is 0 Å². The van der Waals surface area contributed by atoms with E-state index in [1.54, 1.807) is 11.3 Å². The van der Waals surface area contributed by atoms with Gasteiger partial charge in [-0.15, -0.1) is 11.3 Å². The minimum absolute atomic E-state index is 0.0848. The molecule has 84 valence electrons. The van der Waals surface area contributed by atoms with E-state index in [1.807, 2.05) is 0 Å². The summed E-state index contributed by atoms with van der Waals surface area (Å²) in [6.45, 7) is 8.43. The van der Waals surface area contributed by atoms with E-state index < -0.39 is 0 Å². The van der Waals surface area contributed by atoms with Crippen LogP contribution in [0, 0.1) is 11.3 Å². The van der Waals surface area contributed by atoms with E-state index in [0.29, 0.717) is 0 Å². The van der Waals surface area contributed by atoms with Gasteiger partial charge in [0.25, 0.3) is 0 Å². The summed E-state index contributed by atoms with van der Waals surface area (Å²) in [6.07, 6.45) is 3.95. The van der Waals surface area contributed by atoms with Crippen molar-refractivity contribution in [2.75, 3.05) is 0 Å². The van der Waals surface area contributed by atoms with Crippen molar-refractivity contribution in [2.24, 2.45) is 11.3 Å². The van der Waals surface area contributed by atoms with E-state index in [0.717, 1.165) is 18.3 Å². The lowest BCUT2D eigenvalue weighted by Crippen LogP contribution is -2.23. The number of aldehydes is 1. The molecule has 1 unspecified atom stereocenters. The summed E-state index contributed by atoms with van der Waals surface area (Å²) < 4.78 is 0. The van der Waals surface area contributed by atoms with Crippen molar-refractivity contribution >= 4 is 23.2 Å². The van der Waals surface area contributed by atoms with E-state index in [1.165, 1.54) is 10.5 Å². The van der Waals surface area contributed by atoms with Gasteiger partial charge in [0.1, 0.15) is 6.29 Å². The predicted octanol–water partition coefficient (Wildman–Crippen LogP) is 3.93. The van der Waals surface area contributed by atoms with Gasteiger partial charge in [-0.3, -0.25) is 0 Å². The van der Waals surface area contributed by atoms with Crippen molar-refractivity contribution in [2.45, 2.75) is 20.3 Å². The number of hydrogen-bond donors (Lipinski definition) is 0. The summed E-state index contributed by atoms with van der Waals surface area (Å²) in [5.74, 6) is -0.106. The molecule has 2 heteroatoms. The average molecular weight is 232 g/mol. The normalized spacial score (nSPS) is 24.0. The lowest BCUT2D eigenvalue weighted by atomic mass is 9.70. The van der Waals surface area contributed by atoms with Gasteiger partial charge < -0.3 is 4.79 Å². The second kappa shape index (κ2) is 4.02. The zero-order chi connectivity index (χ0) is 11.8. The largest absolute Gasteiger partial charge is 0.302 e. The van der Waals surface area contributed by atoms with Gasteiger partial charge in [-0.2, -0.15) is 0 Å². The fraction of sp³-hybridized carbons (Fsp3) is 0.357. The maximum absolute atomic E-state index is 11.0. The molecule has 1 aromatic rings. The zero-order valence-electron chi connectivity index (χ0n) is 9.69. The molecule has 1 nitrogen and oxygen atoms in total. The molecule has 0 bridgehead atoms. The molecule has 0 saturated heterocycles. The molecule has 0 radical (unpaired) electrons. The van der Waals surface area contributed by atoms with E-state index in [4.69, 9.17) is 0 Å². The van der Waals surface area contributed by atoms with Crippen molar-refractivity contribution < 1.29 is 4.79 Å². The summed E-state index contributed by atoms with van der Waals surface area (Å²) in [5.41, 5.74) is 2.40. The van der Waals surface area contributed by atoms with Crippen LogP contribution in [0.1, 0.15) is 25.1 Å². The zero-order valence-corrected chi connectivity index (χ0v) is 10.5. The van der Waals surface area contributed by atoms with E-state index in [2.05, 4.69) is 44.0 Å². The smallest absolute Gasteiger partial charge is 0.130 e. The number of hydrogen-bond acceptors (Lipinski definition) is 2. The Bertz CT molecular complexity index is 437. The minimum Gasteiger partial charge on any atom is -0.302 e. The fourth-order valence-electron chi connectivity index (χ4n) is 2.29. The molecule has 2 rings (SSSR count). The first-order valence-electron chi connectivity index (χ1n) is 5.44. The maximum Gasteiger partial charge on any atom is 0.130 e. The van der Waals surface area contributed by atoms with Gasteiger partial charge in [-0.25, -0.2) is 0 Å². The van der Waals surface area contributed by atoms with Crippen molar-refractivity contribution in [3.05, 3.63) is 40.6 Å². The number of carbonyl (C=O) groups excluding carboxylic acids is 1. The lowest BCUT2D eigenvalue weighted by Gasteiger charge is -2.34. The quantitative estimate of drug-likeness (QED) is 0.557. The lowest BCUT2D eigenvalue weighted by molar-refractivity contribution is -0.109. The van der Waals surface area contributed by atoms with Gasteiger partial charge >= 0.3 is 0 Å². The molecule has 16 heavy (non-hydrogen) atoms. The summed E-state index contributed by atoms with van der Waals surface area (Å²) in [4.78, 5) is 12.3. The standard InChI is InChI=1S/C14H16OS/c1-10-8-14(2,3)12(7-11(10)9-15)13-5-4-6-16-13/h4-7,9,11H,1,8H2,2-3H3. The molecule has 1 heterocycles. The first-order chi connectivity index (χ1) is 7.54. The molecule has 1 atom stereocenters. The van der Waals surface area contributed by atoms with Gasteiger partial charge in [-0.05, 0) is 28.9 Å². The SMILES string of the molecule is C=C1CC(C)(C)C(c2cccs2)=CC1C=O. The van der Waals surface area contributed by atoms with Gasteiger partial charge in [-0.1, -0.05) is 38.1 Å². The fourth-order valence-corrected chi connectivity index (χ4v) is 3.22. The van der Waals surface area contributed by atoms with Gasteiger partial charge in [0.2, 0.25) is 0 Å². The van der Waals surface area contributed by atoms with Gasteiger partial charge in [0.15, 0.2) is 0 Å². The summed E-state index contributed by atoms with van der Waals surface area (Å²) in [7, 11) is 0. The van der Waals surface area contributed by atoms with E-state index >= 15 is 0 Å². The van der Waals surface area contributed by atoms with E-state index in [-0.39, 0.29) is 11.3 Å². The van der Waals surface area contributed by atoms with Crippen LogP contribution in [0.2, 0.25) is 0 Å². The molecule has 0 saturated carbocycles. The number of thiophene rings is 1. The van der Waals surface area contributed by atoms with Crippen LogP contribution < -0.4 is 0 Å². The highest BCUT2D eigenvalue weighted by Crippen LogP contribution is 2.46. The third-order valence-electron chi connectivity index (χ3n) is 3.15. The maximum atomic E-state index is 11.0. The van der Waals surface area contributed by atoms with Gasteiger partial charge in [0.05, 0.1) is 5.92 Å². The molecule has 1 aliphatic carbocycles. The van der Waals surface area contributed by atoms with Crippen LogP contribution in [0.4, 0.5) is 0 Å². The van der Waals surface area contributed by atoms with E-state index in [9.17, 15) is 4.79 Å². The predicted molar refractivity (Wildman–Crippen MR) is 69.4 cm³/mol. The Labute approximate surface area is 100 Å². The summed E-state index contributed by atoms with van der Waals surface area (Å²) >= 11 is 1.73. The van der Waals surface area contributed by atoms with Crippen LogP contribution in [-0.2, 0) is 4.79 Å². The third kappa shape index (κ3) is 1.90. The first-order valence-corrected chi connectivity index (χ1v) is 6.32. The molecule has 1 aromatic heterocycles. The van der Waals surface area contributed by atoms with Crippen molar-refractivity contribution in [1.29, 1.82) is 0 Å². The highest BCUT2D eigenvalue weighted by molar-refractivity contribution is 7.11. The molecular formula is C14H16OS. The molecule has 0 spiro atoms. The molecule has 1 aliphatic rings. The number of allylic oxidation sites excluding steroid dienone is 3. The summed E-state index contributed by atoms with van der Waals surface area (Å²) in [5, 5.41) is 2.07. The molecule has 0 fully saturated rings. The van der Waals surface area contributed by atoms with Crippen molar-refractivity contribution in [3.63, 3.8) is 0 Å². The Morgan fingerprint density at radius 3 is 2.88 bits per heavy atom. The number of rotatable bonds is 2. The summed E-state index contributed by atoms with van der Waals surface area (Å²) in [6, 6.07) is 4.17. The van der Waals surface area contributed by atoms with Crippen LogP contribution in [0.15, 0.2) is 35.7 Å². The second-order valence-corrected chi connectivity index (χ2v) is 5.89. The third-order valence-corrected chi connectivity index (χ3v) is 4.05. The van der Waals surface area contributed by atoms with Crippen LogP contribution in [-0.4, -0.2) is 6.29 Å². The van der Waals surface area contributed by atoms with Crippen LogP contribution in [0.5, 0.6) is 0 Å². The van der Waals surface area contributed by atoms with Crippen LogP contribution in [0.25, 0.3) is 5.57 Å². The van der Waals surface area contributed by atoms with Crippen LogP contribution >= 0.6 is 11.3 Å². The average Bonchev–Trinajstić information content (AvgIpc) is 2.69. The van der Waals surface area contributed by atoms with Gasteiger partial charge in [0, 0.05) is 4.88 Å². The van der Waals surface area contributed by atoms with Crippen LogP contribution in [0.3, 0.4) is 0 Å². The Kier molecular flexibility index (Phi) is 2.85. The Morgan fingerprint density at radius 1 is 1.56 bits per heavy atom. The highest BCUT2D eigenvalue weighted by Gasteiger charge is 2.32. The first kappa shape index (κ1) is 11.3. The second-order valence-electron chi connectivity index (χ2n) is 4.94. The minimum atomic E-state index is -0.106. The Hall–Kier alpha value is -1.15.